The van der Waals surface area contributed by atoms with Crippen molar-refractivity contribution in [1.82, 2.24) is 4.98 Å². The lowest BCUT2D eigenvalue weighted by atomic mass is 10.2. The van der Waals surface area contributed by atoms with Crippen LogP contribution in [0.3, 0.4) is 0 Å². The second-order valence-corrected chi connectivity index (χ2v) is 4.27. The van der Waals surface area contributed by atoms with E-state index in [1.54, 1.807) is 12.3 Å². The van der Waals surface area contributed by atoms with E-state index in [2.05, 4.69) is 18.0 Å². The van der Waals surface area contributed by atoms with Crippen molar-refractivity contribution in [3.8, 4) is 11.6 Å². The molecule has 0 radical (unpaired) electrons. The lowest BCUT2D eigenvalue weighted by Crippen LogP contribution is -1.99. The number of rotatable bonds is 4. The summed E-state index contributed by atoms with van der Waals surface area (Å²) < 4.78 is 5.70. The molecule has 0 unspecified atom stereocenters. The molecule has 2 rings (SSSR count). The second kappa shape index (κ2) is 5.85. The summed E-state index contributed by atoms with van der Waals surface area (Å²) in [5.41, 5.74) is 7.62. The molecule has 18 heavy (non-hydrogen) atoms. The first-order chi connectivity index (χ1) is 8.74. The third kappa shape index (κ3) is 2.81. The van der Waals surface area contributed by atoms with Gasteiger partial charge in [0, 0.05) is 12.7 Å². The van der Waals surface area contributed by atoms with Crippen molar-refractivity contribution >= 4 is 11.6 Å². The summed E-state index contributed by atoms with van der Waals surface area (Å²) in [6.07, 6.45) is 2.61. The molecule has 0 atom stereocenters. The van der Waals surface area contributed by atoms with E-state index >= 15 is 0 Å². The quantitative estimate of drug-likeness (QED) is 0.917. The summed E-state index contributed by atoms with van der Waals surface area (Å²) in [5.74, 6) is 1.13. The van der Waals surface area contributed by atoms with Gasteiger partial charge in [0.15, 0.2) is 0 Å². The monoisotopic (exact) mass is 262 g/mol. The Balaban J connectivity index is 2.28. The second-order valence-electron chi connectivity index (χ2n) is 3.90. The van der Waals surface area contributed by atoms with Gasteiger partial charge in [0.05, 0.1) is 0 Å². The number of hydrogen-bond acceptors (Lipinski definition) is 3. The van der Waals surface area contributed by atoms with Gasteiger partial charge in [-0.2, -0.15) is 0 Å². The lowest BCUT2D eigenvalue weighted by Gasteiger charge is -2.09. The smallest absolute Gasteiger partial charge is 0.238 e. The van der Waals surface area contributed by atoms with E-state index in [-0.39, 0.29) is 0 Å². The van der Waals surface area contributed by atoms with Crippen molar-refractivity contribution in [3.05, 3.63) is 52.7 Å². The highest BCUT2D eigenvalue weighted by molar-refractivity contribution is 6.32. The molecule has 0 spiro atoms. The average Bonchev–Trinajstić information content (AvgIpc) is 2.41. The first kappa shape index (κ1) is 12.9. The molecule has 0 bridgehead atoms. The van der Waals surface area contributed by atoms with Crippen LogP contribution in [0.4, 0.5) is 0 Å². The summed E-state index contributed by atoms with van der Waals surface area (Å²) in [4.78, 5) is 4.13. The van der Waals surface area contributed by atoms with Gasteiger partial charge in [-0.25, -0.2) is 4.98 Å². The van der Waals surface area contributed by atoms with Crippen molar-refractivity contribution in [2.75, 3.05) is 0 Å². The molecule has 1 aromatic carbocycles. The molecule has 0 saturated heterocycles. The SMILES string of the molecule is CCc1cccc(Oc2nccc(CN)c2Cl)c1. The van der Waals surface area contributed by atoms with Gasteiger partial charge in [-0.1, -0.05) is 30.7 Å². The van der Waals surface area contributed by atoms with Crippen LogP contribution in [0.15, 0.2) is 36.5 Å². The molecule has 0 saturated carbocycles. The van der Waals surface area contributed by atoms with Crippen molar-refractivity contribution in [1.29, 1.82) is 0 Å². The Labute approximate surface area is 112 Å². The van der Waals surface area contributed by atoms with Crippen LogP contribution in [0, 0.1) is 0 Å². The summed E-state index contributed by atoms with van der Waals surface area (Å²) >= 11 is 6.16. The van der Waals surface area contributed by atoms with Gasteiger partial charge in [-0.05, 0) is 35.7 Å². The minimum absolute atomic E-state index is 0.368. The van der Waals surface area contributed by atoms with Crippen LogP contribution in [-0.2, 0) is 13.0 Å². The Morgan fingerprint density at radius 2 is 2.17 bits per heavy atom. The molecule has 0 aliphatic heterocycles. The Morgan fingerprint density at radius 3 is 2.89 bits per heavy atom. The van der Waals surface area contributed by atoms with E-state index in [1.165, 1.54) is 5.56 Å². The number of hydrogen-bond donors (Lipinski definition) is 1. The molecule has 0 fully saturated rings. The van der Waals surface area contributed by atoms with Gasteiger partial charge in [0.1, 0.15) is 10.8 Å². The number of nitrogens with two attached hydrogens (primary N) is 1. The van der Waals surface area contributed by atoms with Gasteiger partial charge < -0.3 is 10.5 Å². The largest absolute Gasteiger partial charge is 0.438 e. The average molecular weight is 263 g/mol. The maximum absolute atomic E-state index is 6.16. The van der Waals surface area contributed by atoms with Crippen LogP contribution in [0.25, 0.3) is 0 Å². The maximum Gasteiger partial charge on any atom is 0.238 e. The minimum atomic E-state index is 0.368. The van der Waals surface area contributed by atoms with E-state index in [0.29, 0.717) is 17.4 Å². The van der Waals surface area contributed by atoms with Crippen LogP contribution < -0.4 is 10.5 Å². The number of aromatic nitrogens is 1. The fraction of sp³-hybridized carbons (Fsp3) is 0.214. The molecule has 2 aromatic rings. The van der Waals surface area contributed by atoms with Crippen molar-refractivity contribution in [2.24, 2.45) is 5.73 Å². The molecule has 94 valence electrons. The van der Waals surface area contributed by atoms with Crippen molar-refractivity contribution in [3.63, 3.8) is 0 Å². The van der Waals surface area contributed by atoms with Crippen LogP contribution >= 0.6 is 11.6 Å². The molecule has 0 aliphatic rings. The van der Waals surface area contributed by atoms with E-state index in [1.807, 2.05) is 18.2 Å². The molecular formula is C14H15ClN2O. The Morgan fingerprint density at radius 1 is 1.33 bits per heavy atom. The number of nitrogens with zero attached hydrogens (tertiary/aromatic N) is 1. The van der Waals surface area contributed by atoms with Crippen LogP contribution in [0.1, 0.15) is 18.1 Å². The standard InChI is InChI=1S/C14H15ClN2O/c1-2-10-4-3-5-12(8-10)18-14-13(15)11(9-16)6-7-17-14/h3-8H,2,9,16H2,1H3. The zero-order valence-corrected chi connectivity index (χ0v) is 10.9. The molecule has 3 nitrogen and oxygen atoms in total. The van der Waals surface area contributed by atoms with Gasteiger partial charge in [-0.15, -0.1) is 0 Å². The molecule has 4 heteroatoms. The highest BCUT2D eigenvalue weighted by atomic mass is 35.5. The fourth-order valence-electron chi connectivity index (χ4n) is 1.63. The van der Waals surface area contributed by atoms with Crippen LogP contribution in [0.2, 0.25) is 5.02 Å². The highest BCUT2D eigenvalue weighted by Gasteiger charge is 2.08. The predicted molar refractivity (Wildman–Crippen MR) is 73.0 cm³/mol. The minimum Gasteiger partial charge on any atom is -0.438 e. The number of pyridine rings is 1. The third-order valence-electron chi connectivity index (χ3n) is 2.68. The zero-order chi connectivity index (χ0) is 13.0. The van der Waals surface area contributed by atoms with Crippen molar-refractivity contribution < 1.29 is 4.74 Å². The third-order valence-corrected chi connectivity index (χ3v) is 3.08. The van der Waals surface area contributed by atoms with Gasteiger partial charge >= 0.3 is 0 Å². The van der Waals surface area contributed by atoms with Crippen LogP contribution in [0.5, 0.6) is 11.6 Å². The van der Waals surface area contributed by atoms with E-state index in [4.69, 9.17) is 22.1 Å². The predicted octanol–water partition coefficient (Wildman–Crippen LogP) is 3.55. The van der Waals surface area contributed by atoms with Gasteiger partial charge in [0.2, 0.25) is 5.88 Å². The molecule has 2 N–H and O–H groups in total. The summed E-state index contributed by atoms with van der Waals surface area (Å²) in [6.45, 7) is 2.46. The number of benzene rings is 1. The topological polar surface area (TPSA) is 48.1 Å². The van der Waals surface area contributed by atoms with E-state index in [0.717, 1.165) is 17.7 Å². The highest BCUT2D eigenvalue weighted by Crippen LogP contribution is 2.29. The number of halogens is 1. The summed E-state index contributed by atoms with van der Waals surface area (Å²) in [5, 5.41) is 0.474. The van der Waals surface area contributed by atoms with Crippen LogP contribution in [-0.4, -0.2) is 4.98 Å². The first-order valence-electron chi connectivity index (χ1n) is 5.84. The zero-order valence-electron chi connectivity index (χ0n) is 10.2. The molecule has 1 aromatic heterocycles. The number of aryl methyl sites for hydroxylation is 1. The first-order valence-corrected chi connectivity index (χ1v) is 6.22. The Bertz CT molecular complexity index is 543. The van der Waals surface area contributed by atoms with E-state index in [9.17, 15) is 0 Å². The number of ether oxygens (including phenoxy) is 1. The maximum atomic E-state index is 6.16. The van der Waals surface area contributed by atoms with Gasteiger partial charge in [-0.3, -0.25) is 0 Å². The van der Waals surface area contributed by atoms with Crippen molar-refractivity contribution in [2.45, 2.75) is 19.9 Å². The Kier molecular flexibility index (Phi) is 4.18. The molecule has 0 aliphatic carbocycles. The summed E-state index contributed by atoms with van der Waals surface area (Å²) in [7, 11) is 0. The molecular weight excluding hydrogens is 248 g/mol. The normalized spacial score (nSPS) is 10.4. The van der Waals surface area contributed by atoms with E-state index < -0.39 is 0 Å². The molecule has 0 amide bonds. The fourth-order valence-corrected chi connectivity index (χ4v) is 1.86. The lowest BCUT2D eigenvalue weighted by molar-refractivity contribution is 0.462. The van der Waals surface area contributed by atoms with Gasteiger partial charge in [0.25, 0.3) is 0 Å². The Hall–Kier alpha value is -1.58. The summed E-state index contributed by atoms with van der Waals surface area (Å²) in [6, 6.07) is 9.66. The molecule has 1 heterocycles.